The predicted octanol–water partition coefficient (Wildman–Crippen LogP) is 4.94. The topological polar surface area (TPSA) is 177 Å². The number of aromatic amines is 2. The van der Waals surface area contributed by atoms with Crippen molar-refractivity contribution in [3.63, 3.8) is 0 Å². The summed E-state index contributed by atoms with van der Waals surface area (Å²) in [5.41, 5.74) is 1.34. The van der Waals surface area contributed by atoms with Crippen LogP contribution in [0.2, 0.25) is 0 Å². The molecule has 0 fully saturated rings. The Bertz CT molecular complexity index is 1910. The number of azo groups is 1. The molecule has 4 aromatic carbocycles. The third-order valence-electron chi connectivity index (χ3n) is 5.66. The van der Waals surface area contributed by atoms with Gasteiger partial charge >= 0.3 is 5.69 Å². The van der Waals surface area contributed by atoms with Gasteiger partial charge in [-0.1, -0.05) is 30.3 Å². The van der Waals surface area contributed by atoms with Gasteiger partial charge in [-0.15, -0.1) is 10.2 Å². The van der Waals surface area contributed by atoms with Crippen molar-refractivity contribution < 1.29 is 22.9 Å². The minimum Gasteiger partial charge on any atom is -0.505 e. The summed E-state index contributed by atoms with van der Waals surface area (Å²) in [5, 5.41) is 22.8. The molecule has 12 heteroatoms. The van der Waals surface area contributed by atoms with Crippen LogP contribution >= 0.6 is 0 Å². The third-order valence-corrected chi connectivity index (χ3v) is 6.55. The fourth-order valence-electron chi connectivity index (χ4n) is 3.91. The summed E-state index contributed by atoms with van der Waals surface area (Å²) in [6.45, 7) is 1.66. The molecule has 0 spiro atoms. The van der Waals surface area contributed by atoms with Gasteiger partial charge in [-0.3, -0.25) is 9.35 Å². The first-order valence-electron chi connectivity index (χ1n) is 10.9. The quantitative estimate of drug-likeness (QED) is 0.163. The average Bonchev–Trinajstić information content (AvgIpc) is 3.22. The molecule has 5 N–H and O–H groups in total. The Kier molecular flexibility index (Phi) is 5.82. The Morgan fingerprint density at radius 1 is 0.946 bits per heavy atom. The summed E-state index contributed by atoms with van der Waals surface area (Å²) in [5.74, 6) is -1.12. The van der Waals surface area contributed by atoms with Crippen molar-refractivity contribution in [3.8, 4) is 5.75 Å². The van der Waals surface area contributed by atoms with Crippen LogP contribution in [-0.2, 0) is 10.1 Å². The lowest BCUT2D eigenvalue weighted by atomic mass is 10.0. The van der Waals surface area contributed by atoms with Crippen LogP contribution in [-0.4, -0.2) is 34.0 Å². The zero-order valence-electron chi connectivity index (χ0n) is 19.2. The van der Waals surface area contributed by atoms with Crippen LogP contribution in [0.5, 0.6) is 5.75 Å². The van der Waals surface area contributed by atoms with E-state index in [1.165, 1.54) is 18.2 Å². The number of nitrogens with zero attached hydrogens (tertiary/aromatic N) is 2. The number of benzene rings is 4. The minimum absolute atomic E-state index is 0.0597. The number of amides is 1. The highest BCUT2D eigenvalue weighted by molar-refractivity contribution is 7.86. The molecule has 0 atom stereocenters. The van der Waals surface area contributed by atoms with Gasteiger partial charge in [0.1, 0.15) is 16.3 Å². The number of H-pyrrole nitrogens is 2. The average molecular weight is 518 g/mol. The lowest BCUT2D eigenvalue weighted by Crippen LogP contribution is -2.12. The molecule has 1 aromatic heterocycles. The van der Waals surface area contributed by atoms with Gasteiger partial charge in [-0.2, -0.15) is 8.42 Å². The number of hydrogen-bond acceptors (Lipinski definition) is 7. The number of aromatic nitrogens is 2. The predicted molar refractivity (Wildman–Crippen MR) is 138 cm³/mol. The Labute approximate surface area is 209 Å². The number of hydrogen-bond donors (Lipinski definition) is 5. The Hall–Kier alpha value is -4.81. The summed E-state index contributed by atoms with van der Waals surface area (Å²) in [7, 11) is -4.59. The van der Waals surface area contributed by atoms with E-state index in [1.54, 1.807) is 55.5 Å². The maximum atomic E-state index is 13.1. The van der Waals surface area contributed by atoms with Gasteiger partial charge in [0.15, 0.2) is 5.75 Å². The monoisotopic (exact) mass is 517 g/mol. The molecule has 37 heavy (non-hydrogen) atoms. The van der Waals surface area contributed by atoms with E-state index in [4.69, 9.17) is 0 Å². The number of carbonyl (C=O) groups excluding carboxylic acids is 1. The van der Waals surface area contributed by atoms with E-state index < -0.39 is 26.7 Å². The number of nitrogens with one attached hydrogen (secondary N) is 3. The summed E-state index contributed by atoms with van der Waals surface area (Å²) >= 11 is 0. The van der Waals surface area contributed by atoms with Crippen LogP contribution < -0.4 is 11.0 Å². The Balaban J connectivity index is 1.58. The highest BCUT2D eigenvalue weighted by Crippen LogP contribution is 2.40. The highest BCUT2D eigenvalue weighted by Gasteiger charge is 2.20. The molecular weight excluding hydrogens is 498 g/mol. The number of fused-ring (bicyclic) bond motifs is 2. The van der Waals surface area contributed by atoms with Crippen molar-refractivity contribution in [2.75, 3.05) is 5.32 Å². The van der Waals surface area contributed by atoms with Crippen LogP contribution in [0.1, 0.15) is 15.9 Å². The largest absolute Gasteiger partial charge is 0.505 e. The number of imidazole rings is 1. The van der Waals surface area contributed by atoms with E-state index in [-0.39, 0.29) is 22.6 Å². The van der Waals surface area contributed by atoms with Gasteiger partial charge in [0, 0.05) is 11.1 Å². The van der Waals surface area contributed by atoms with Gasteiger partial charge in [-0.05, 0) is 54.3 Å². The molecule has 1 amide bonds. The van der Waals surface area contributed by atoms with Gasteiger partial charge in [0.25, 0.3) is 16.0 Å². The van der Waals surface area contributed by atoms with Gasteiger partial charge in [0.05, 0.1) is 16.6 Å². The van der Waals surface area contributed by atoms with Crippen molar-refractivity contribution in [2.45, 2.75) is 11.8 Å². The van der Waals surface area contributed by atoms with Crippen LogP contribution in [0, 0.1) is 6.92 Å². The lowest BCUT2D eigenvalue weighted by Gasteiger charge is -2.11. The van der Waals surface area contributed by atoms with Crippen molar-refractivity contribution in [1.29, 1.82) is 0 Å². The van der Waals surface area contributed by atoms with Crippen LogP contribution in [0.25, 0.3) is 21.8 Å². The number of phenolic OH excluding ortho intramolecular Hbond substituents is 1. The minimum atomic E-state index is -4.59. The lowest BCUT2D eigenvalue weighted by molar-refractivity contribution is 0.102. The van der Waals surface area contributed by atoms with Crippen LogP contribution in [0.15, 0.2) is 86.6 Å². The van der Waals surface area contributed by atoms with E-state index in [0.717, 1.165) is 0 Å². The first kappa shape index (κ1) is 23.9. The number of aromatic hydroxyl groups is 1. The van der Waals surface area contributed by atoms with Crippen molar-refractivity contribution in [2.24, 2.45) is 10.2 Å². The molecule has 0 bridgehead atoms. The maximum Gasteiger partial charge on any atom is 0.323 e. The third kappa shape index (κ3) is 4.70. The van der Waals surface area contributed by atoms with E-state index in [9.17, 15) is 27.7 Å². The van der Waals surface area contributed by atoms with E-state index in [0.29, 0.717) is 33.1 Å². The summed E-state index contributed by atoms with van der Waals surface area (Å²) < 4.78 is 33.2. The molecule has 0 aliphatic rings. The number of anilines is 1. The highest BCUT2D eigenvalue weighted by atomic mass is 32.2. The first-order chi connectivity index (χ1) is 17.6. The second kappa shape index (κ2) is 9.00. The smallest absolute Gasteiger partial charge is 0.323 e. The normalized spacial score (nSPS) is 11.9. The van der Waals surface area contributed by atoms with Gasteiger partial charge < -0.3 is 20.4 Å². The van der Waals surface area contributed by atoms with Crippen molar-refractivity contribution in [1.82, 2.24) is 9.97 Å². The summed E-state index contributed by atoms with van der Waals surface area (Å²) in [6.07, 6.45) is 0. The molecule has 186 valence electrons. The molecule has 0 saturated heterocycles. The molecule has 0 aliphatic carbocycles. The van der Waals surface area contributed by atoms with E-state index in [2.05, 4.69) is 25.5 Å². The Morgan fingerprint density at radius 3 is 2.49 bits per heavy atom. The number of aryl methyl sites for hydroxylation is 1. The van der Waals surface area contributed by atoms with Crippen LogP contribution in [0.3, 0.4) is 0 Å². The fourth-order valence-corrected chi connectivity index (χ4v) is 4.62. The SMILES string of the molecule is Cc1ccc(N=Nc2c(O)c(C(=O)Nc3ccc4[nH]c(=O)[nH]c4c3)cc3ccccc23)c(S(=O)(=O)O)c1. The first-order valence-corrected chi connectivity index (χ1v) is 12.3. The molecule has 11 nitrogen and oxygen atoms in total. The van der Waals surface area contributed by atoms with E-state index >= 15 is 0 Å². The standard InChI is InChI=1S/C25H19N5O6S/c1-13-6-8-19(21(10-13)37(34,35)36)29-30-22-16-5-3-2-4-14(16)11-17(23(22)31)24(32)26-15-7-9-18-20(12-15)28-25(33)27-18/h2-12,31H,1H3,(H,26,32)(H2,27,28,33)(H,34,35,36). The zero-order chi connectivity index (χ0) is 26.3. The molecule has 0 radical (unpaired) electrons. The molecule has 5 aromatic rings. The second-order valence-electron chi connectivity index (χ2n) is 8.28. The van der Waals surface area contributed by atoms with Crippen LogP contribution in [0.4, 0.5) is 17.1 Å². The fraction of sp³-hybridized carbons (Fsp3) is 0.0400. The number of rotatable bonds is 5. The molecule has 1 heterocycles. The van der Waals surface area contributed by atoms with E-state index in [1.807, 2.05) is 0 Å². The molecular formula is C25H19N5O6S. The maximum absolute atomic E-state index is 13.1. The summed E-state index contributed by atoms with van der Waals surface area (Å²) in [6, 6.07) is 17.3. The summed E-state index contributed by atoms with van der Waals surface area (Å²) in [4.78, 5) is 29.4. The molecule has 0 unspecified atom stereocenters. The molecule has 5 rings (SSSR count). The zero-order valence-corrected chi connectivity index (χ0v) is 20.0. The molecule has 0 saturated carbocycles. The molecule has 0 aliphatic heterocycles. The van der Waals surface area contributed by atoms with Crippen molar-refractivity contribution in [3.05, 3.63) is 88.3 Å². The number of phenols is 1. The van der Waals surface area contributed by atoms with Gasteiger partial charge in [-0.25, -0.2) is 4.79 Å². The Morgan fingerprint density at radius 2 is 1.70 bits per heavy atom. The van der Waals surface area contributed by atoms with Crippen molar-refractivity contribution >= 4 is 54.9 Å². The second-order valence-corrected chi connectivity index (χ2v) is 9.67. The van der Waals surface area contributed by atoms with Gasteiger partial charge in [0.2, 0.25) is 0 Å². The number of carbonyl (C=O) groups is 1.